The molecule has 0 aliphatic heterocycles. The van der Waals surface area contributed by atoms with Crippen LogP contribution in [0.15, 0.2) is 36.9 Å². The summed E-state index contributed by atoms with van der Waals surface area (Å²) in [5, 5.41) is 2.84. The van der Waals surface area contributed by atoms with Crippen LogP contribution in [0.25, 0.3) is 0 Å². The molecule has 0 aliphatic rings. The molecule has 1 atom stereocenters. The van der Waals surface area contributed by atoms with Gasteiger partial charge in [-0.1, -0.05) is 19.6 Å². The van der Waals surface area contributed by atoms with E-state index in [1.54, 1.807) is 30.3 Å². The molecule has 18 heavy (non-hydrogen) atoms. The van der Waals surface area contributed by atoms with Crippen molar-refractivity contribution in [2.75, 3.05) is 19.7 Å². The number of nitrogens with two attached hydrogens (primary N) is 1. The number of carbonyl (C=O) groups excluding carboxylic acids is 1. The van der Waals surface area contributed by atoms with E-state index in [2.05, 4.69) is 11.9 Å². The molecule has 1 aromatic carbocycles. The number of amides is 1. The number of hydrogen-bond donors (Lipinski definition) is 2. The minimum absolute atomic E-state index is 0.0921. The Kier molecular flexibility index (Phi) is 5.94. The van der Waals surface area contributed by atoms with Crippen molar-refractivity contribution in [1.82, 2.24) is 5.32 Å². The average molecular weight is 248 g/mol. The van der Waals surface area contributed by atoms with Gasteiger partial charge in [0.15, 0.2) is 0 Å². The van der Waals surface area contributed by atoms with Crippen LogP contribution in [0.1, 0.15) is 17.3 Å². The van der Waals surface area contributed by atoms with Crippen LogP contribution in [0.5, 0.6) is 5.75 Å². The molecule has 1 rings (SSSR count). The maximum absolute atomic E-state index is 11.8. The molecule has 4 nitrogen and oxygen atoms in total. The third-order valence-corrected chi connectivity index (χ3v) is 2.50. The van der Waals surface area contributed by atoms with Crippen LogP contribution in [0, 0.1) is 5.92 Å². The fourth-order valence-corrected chi connectivity index (χ4v) is 1.31. The van der Waals surface area contributed by atoms with Crippen molar-refractivity contribution in [3.63, 3.8) is 0 Å². The molecule has 0 aromatic heterocycles. The van der Waals surface area contributed by atoms with Crippen LogP contribution in [0.2, 0.25) is 0 Å². The van der Waals surface area contributed by atoms with E-state index in [0.717, 1.165) is 5.75 Å². The number of hydrogen-bond acceptors (Lipinski definition) is 3. The second-order valence-corrected chi connectivity index (χ2v) is 4.17. The zero-order valence-electron chi connectivity index (χ0n) is 10.7. The van der Waals surface area contributed by atoms with Gasteiger partial charge in [0.25, 0.3) is 5.91 Å². The minimum Gasteiger partial charge on any atom is -0.490 e. The second kappa shape index (κ2) is 7.50. The van der Waals surface area contributed by atoms with E-state index >= 15 is 0 Å². The summed E-state index contributed by atoms with van der Waals surface area (Å²) in [5.41, 5.74) is 6.10. The van der Waals surface area contributed by atoms with Gasteiger partial charge in [0.1, 0.15) is 12.4 Å². The molecular weight excluding hydrogens is 228 g/mol. The van der Waals surface area contributed by atoms with Gasteiger partial charge in [0.2, 0.25) is 0 Å². The predicted molar refractivity (Wildman–Crippen MR) is 72.7 cm³/mol. The molecule has 0 aliphatic carbocycles. The molecule has 0 heterocycles. The molecular formula is C14H20N2O2. The molecule has 3 N–H and O–H groups in total. The first kappa shape index (κ1) is 14.3. The number of carbonyl (C=O) groups is 1. The lowest BCUT2D eigenvalue weighted by Gasteiger charge is -2.10. The summed E-state index contributed by atoms with van der Waals surface area (Å²) in [6.45, 7) is 7.17. The van der Waals surface area contributed by atoms with E-state index in [4.69, 9.17) is 10.5 Å². The summed E-state index contributed by atoms with van der Waals surface area (Å²) in [4.78, 5) is 11.8. The van der Waals surface area contributed by atoms with Crippen LogP contribution < -0.4 is 15.8 Å². The first-order chi connectivity index (χ1) is 8.67. The molecule has 0 saturated carbocycles. The standard InChI is InChI=1S/C14H20N2O2/c1-3-8-18-13-6-4-12(5-7-13)14(17)16-10-11(2)9-15/h3-7,11H,1,8-10,15H2,2H3,(H,16,17). The summed E-state index contributed by atoms with van der Waals surface area (Å²) in [5.74, 6) is 0.913. The Balaban J connectivity index is 2.50. The molecule has 1 aromatic rings. The highest BCUT2D eigenvalue weighted by atomic mass is 16.5. The summed E-state index contributed by atoms with van der Waals surface area (Å²) < 4.78 is 5.34. The molecule has 1 amide bonds. The fraction of sp³-hybridized carbons (Fsp3) is 0.357. The molecule has 4 heteroatoms. The van der Waals surface area contributed by atoms with E-state index in [1.165, 1.54) is 0 Å². The van der Waals surface area contributed by atoms with Gasteiger partial charge in [0.05, 0.1) is 0 Å². The predicted octanol–water partition coefficient (Wildman–Crippen LogP) is 1.58. The minimum atomic E-state index is -0.0921. The van der Waals surface area contributed by atoms with Gasteiger partial charge in [-0.2, -0.15) is 0 Å². The largest absolute Gasteiger partial charge is 0.490 e. The van der Waals surface area contributed by atoms with Crippen LogP contribution >= 0.6 is 0 Å². The first-order valence-electron chi connectivity index (χ1n) is 5.99. The van der Waals surface area contributed by atoms with Crippen molar-refractivity contribution in [2.24, 2.45) is 11.7 Å². The molecule has 0 saturated heterocycles. The maximum atomic E-state index is 11.8. The average Bonchev–Trinajstić information content (AvgIpc) is 2.42. The Morgan fingerprint density at radius 2 is 2.17 bits per heavy atom. The molecule has 0 spiro atoms. The van der Waals surface area contributed by atoms with Gasteiger partial charge in [-0.25, -0.2) is 0 Å². The molecule has 0 radical (unpaired) electrons. The van der Waals surface area contributed by atoms with Crippen LogP contribution in [0.3, 0.4) is 0 Å². The Bertz CT molecular complexity index is 387. The molecule has 1 unspecified atom stereocenters. The monoisotopic (exact) mass is 248 g/mol. The van der Waals surface area contributed by atoms with Gasteiger partial charge in [0, 0.05) is 12.1 Å². The number of rotatable bonds is 7. The van der Waals surface area contributed by atoms with E-state index in [1.807, 2.05) is 6.92 Å². The molecule has 0 fully saturated rings. The van der Waals surface area contributed by atoms with Crippen molar-refractivity contribution >= 4 is 5.91 Å². The van der Waals surface area contributed by atoms with Gasteiger partial charge in [-0.05, 0) is 36.7 Å². The van der Waals surface area contributed by atoms with Gasteiger partial charge < -0.3 is 15.8 Å². The lowest BCUT2D eigenvalue weighted by atomic mass is 10.1. The Morgan fingerprint density at radius 3 is 2.72 bits per heavy atom. The number of benzene rings is 1. The van der Waals surface area contributed by atoms with Crippen LogP contribution in [-0.4, -0.2) is 25.6 Å². The lowest BCUT2D eigenvalue weighted by Crippen LogP contribution is -2.31. The first-order valence-corrected chi connectivity index (χ1v) is 5.99. The fourth-order valence-electron chi connectivity index (χ4n) is 1.31. The number of ether oxygens (including phenoxy) is 1. The topological polar surface area (TPSA) is 64.3 Å². The quantitative estimate of drug-likeness (QED) is 0.720. The third-order valence-electron chi connectivity index (χ3n) is 2.50. The van der Waals surface area contributed by atoms with Crippen molar-refractivity contribution in [3.8, 4) is 5.75 Å². The van der Waals surface area contributed by atoms with Crippen molar-refractivity contribution in [3.05, 3.63) is 42.5 Å². The maximum Gasteiger partial charge on any atom is 0.251 e. The smallest absolute Gasteiger partial charge is 0.251 e. The zero-order valence-corrected chi connectivity index (χ0v) is 10.7. The van der Waals surface area contributed by atoms with E-state index in [-0.39, 0.29) is 11.8 Å². The Labute approximate surface area is 108 Å². The van der Waals surface area contributed by atoms with Gasteiger partial charge in [-0.3, -0.25) is 4.79 Å². The van der Waals surface area contributed by atoms with E-state index in [9.17, 15) is 4.79 Å². The second-order valence-electron chi connectivity index (χ2n) is 4.17. The van der Waals surface area contributed by atoms with E-state index in [0.29, 0.717) is 25.3 Å². The number of nitrogens with one attached hydrogen (secondary N) is 1. The normalized spacial score (nSPS) is 11.7. The van der Waals surface area contributed by atoms with Gasteiger partial charge in [-0.15, -0.1) is 0 Å². The van der Waals surface area contributed by atoms with Crippen LogP contribution in [-0.2, 0) is 0 Å². The highest BCUT2D eigenvalue weighted by molar-refractivity contribution is 5.94. The SMILES string of the molecule is C=CCOc1ccc(C(=O)NCC(C)CN)cc1. The summed E-state index contributed by atoms with van der Waals surface area (Å²) in [7, 11) is 0. The zero-order chi connectivity index (χ0) is 13.4. The summed E-state index contributed by atoms with van der Waals surface area (Å²) in [6.07, 6.45) is 1.68. The van der Waals surface area contributed by atoms with Crippen LogP contribution in [0.4, 0.5) is 0 Å². The summed E-state index contributed by atoms with van der Waals surface area (Å²) in [6, 6.07) is 7.01. The molecule has 98 valence electrons. The Hall–Kier alpha value is -1.81. The third kappa shape index (κ3) is 4.59. The van der Waals surface area contributed by atoms with Crippen molar-refractivity contribution < 1.29 is 9.53 Å². The molecule has 0 bridgehead atoms. The van der Waals surface area contributed by atoms with Crippen molar-refractivity contribution in [2.45, 2.75) is 6.92 Å². The summed E-state index contributed by atoms with van der Waals surface area (Å²) >= 11 is 0. The van der Waals surface area contributed by atoms with Crippen molar-refractivity contribution in [1.29, 1.82) is 0 Å². The highest BCUT2D eigenvalue weighted by Crippen LogP contribution is 2.12. The Morgan fingerprint density at radius 1 is 1.50 bits per heavy atom. The van der Waals surface area contributed by atoms with Gasteiger partial charge >= 0.3 is 0 Å². The van der Waals surface area contributed by atoms with E-state index < -0.39 is 0 Å². The lowest BCUT2D eigenvalue weighted by molar-refractivity contribution is 0.0948. The highest BCUT2D eigenvalue weighted by Gasteiger charge is 2.06.